The van der Waals surface area contributed by atoms with E-state index >= 15 is 0 Å². The van der Waals surface area contributed by atoms with E-state index in [-0.39, 0.29) is 12.0 Å². The zero-order valence-electron chi connectivity index (χ0n) is 15.8. The molecule has 1 heterocycles. The molecule has 27 heavy (non-hydrogen) atoms. The Labute approximate surface area is 164 Å². The molecule has 1 atom stereocenters. The molecule has 2 N–H and O–H groups in total. The lowest BCUT2D eigenvalue weighted by atomic mass is 10.0. The fourth-order valence-electron chi connectivity index (χ4n) is 3.32. The summed E-state index contributed by atoms with van der Waals surface area (Å²) in [6.07, 6.45) is 0. The van der Waals surface area contributed by atoms with Crippen LogP contribution >= 0.6 is 11.6 Å². The van der Waals surface area contributed by atoms with Crippen molar-refractivity contribution < 1.29 is 14.8 Å². The number of fused-ring (bicyclic) bond motifs is 1. The SMILES string of the molecule is CCOC(=O)c1c(C[NH2+][C@@H](C)c2ccccc2Cl)nc2ccccc2c1C. The number of ether oxygens (including phenoxy) is 1. The van der Waals surface area contributed by atoms with Gasteiger partial charge in [-0.3, -0.25) is 0 Å². The maximum absolute atomic E-state index is 12.6. The molecule has 0 aliphatic rings. The second-order valence-corrected chi connectivity index (χ2v) is 6.95. The summed E-state index contributed by atoms with van der Waals surface area (Å²) in [5, 5.41) is 3.86. The van der Waals surface area contributed by atoms with Gasteiger partial charge in [-0.15, -0.1) is 0 Å². The summed E-state index contributed by atoms with van der Waals surface area (Å²) in [7, 11) is 0. The summed E-state index contributed by atoms with van der Waals surface area (Å²) < 4.78 is 5.29. The highest BCUT2D eigenvalue weighted by atomic mass is 35.5. The minimum Gasteiger partial charge on any atom is -0.462 e. The van der Waals surface area contributed by atoms with Crippen LogP contribution in [0, 0.1) is 6.92 Å². The van der Waals surface area contributed by atoms with Gasteiger partial charge in [0.05, 0.1) is 17.7 Å². The zero-order valence-corrected chi connectivity index (χ0v) is 16.6. The normalized spacial score (nSPS) is 12.1. The molecule has 1 aromatic heterocycles. The maximum atomic E-state index is 12.6. The van der Waals surface area contributed by atoms with Gasteiger partial charge >= 0.3 is 5.97 Å². The molecule has 140 valence electrons. The van der Waals surface area contributed by atoms with Crippen molar-refractivity contribution in [3.05, 3.63) is 75.9 Å². The number of esters is 1. The number of hydrogen-bond acceptors (Lipinski definition) is 3. The van der Waals surface area contributed by atoms with Crippen LogP contribution in [0.25, 0.3) is 10.9 Å². The molecule has 0 amide bonds. The summed E-state index contributed by atoms with van der Waals surface area (Å²) in [6, 6.07) is 15.8. The van der Waals surface area contributed by atoms with Crippen LogP contribution in [-0.4, -0.2) is 17.6 Å². The minimum absolute atomic E-state index is 0.141. The molecule has 4 nitrogen and oxygen atoms in total. The van der Waals surface area contributed by atoms with Crippen LogP contribution < -0.4 is 5.32 Å². The molecule has 3 aromatic rings. The summed E-state index contributed by atoms with van der Waals surface area (Å²) in [5.74, 6) is -0.318. The molecule has 0 radical (unpaired) electrons. The van der Waals surface area contributed by atoms with E-state index in [1.54, 1.807) is 0 Å². The number of aromatic nitrogens is 1. The number of halogens is 1. The fraction of sp³-hybridized carbons (Fsp3) is 0.273. The van der Waals surface area contributed by atoms with Gasteiger partial charge in [-0.05, 0) is 38.5 Å². The van der Waals surface area contributed by atoms with E-state index in [4.69, 9.17) is 21.3 Å². The van der Waals surface area contributed by atoms with Crippen molar-refractivity contribution in [2.45, 2.75) is 33.4 Å². The lowest BCUT2D eigenvalue weighted by Gasteiger charge is -2.16. The van der Waals surface area contributed by atoms with Gasteiger partial charge < -0.3 is 10.1 Å². The number of carbonyl (C=O) groups is 1. The number of benzene rings is 2. The number of aryl methyl sites for hydroxylation is 1. The Hall–Kier alpha value is -2.43. The number of quaternary nitrogens is 1. The van der Waals surface area contributed by atoms with Gasteiger partial charge in [0.15, 0.2) is 0 Å². The molecule has 0 unspecified atom stereocenters. The maximum Gasteiger partial charge on any atom is 0.340 e. The Morgan fingerprint density at radius 1 is 1.19 bits per heavy atom. The van der Waals surface area contributed by atoms with E-state index in [1.165, 1.54) is 0 Å². The predicted octanol–water partition coefficient (Wildman–Crippen LogP) is 4.20. The molecule has 0 saturated heterocycles. The fourth-order valence-corrected chi connectivity index (χ4v) is 3.63. The third-order valence-electron chi connectivity index (χ3n) is 4.77. The Balaban J connectivity index is 1.96. The molecule has 3 rings (SSSR count). The van der Waals surface area contributed by atoms with Crippen LogP contribution in [0.4, 0.5) is 0 Å². The standard InChI is InChI=1S/C22H23ClN2O2/c1-4-27-22(26)21-14(2)16-9-6-8-12-19(16)25-20(21)13-24-15(3)17-10-5-7-11-18(17)23/h5-12,15,24H,4,13H2,1-3H3/p+1/t15-/m0/s1. The van der Waals surface area contributed by atoms with E-state index in [2.05, 4.69) is 12.2 Å². The monoisotopic (exact) mass is 383 g/mol. The molecule has 0 saturated carbocycles. The highest BCUT2D eigenvalue weighted by molar-refractivity contribution is 6.31. The van der Waals surface area contributed by atoms with Crippen LogP contribution in [0.15, 0.2) is 48.5 Å². The lowest BCUT2D eigenvalue weighted by Crippen LogP contribution is -2.83. The van der Waals surface area contributed by atoms with Crippen molar-refractivity contribution in [3.8, 4) is 0 Å². The smallest absolute Gasteiger partial charge is 0.340 e. The van der Waals surface area contributed by atoms with Crippen LogP contribution in [0.3, 0.4) is 0 Å². The Morgan fingerprint density at radius 3 is 2.63 bits per heavy atom. The minimum atomic E-state index is -0.318. The first kappa shape index (κ1) is 19.3. The number of para-hydroxylation sites is 1. The van der Waals surface area contributed by atoms with E-state index in [9.17, 15) is 4.79 Å². The average Bonchev–Trinajstić information content (AvgIpc) is 2.66. The second-order valence-electron chi connectivity index (χ2n) is 6.55. The van der Waals surface area contributed by atoms with Crippen LogP contribution in [0.1, 0.15) is 47.1 Å². The lowest BCUT2D eigenvalue weighted by molar-refractivity contribution is -0.708. The van der Waals surface area contributed by atoms with Crippen LogP contribution in [0.5, 0.6) is 0 Å². The van der Waals surface area contributed by atoms with Crippen molar-refractivity contribution in [2.75, 3.05) is 6.61 Å². The molecular weight excluding hydrogens is 360 g/mol. The molecule has 0 aliphatic heterocycles. The van der Waals surface area contributed by atoms with Crippen molar-refractivity contribution in [3.63, 3.8) is 0 Å². The molecule has 0 aliphatic carbocycles. The van der Waals surface area contributed by atoms with Gasteiger partial charge in [-0.2, -0.15) is 0 Å². The van der Waals surface area contributed by atoms with Gasteiger partial charge in [0, 0.05) is 16.0 Å². The van der Waals surface area contributed by atoms with Crippen molar-refractivity contribution in [2.24, 2.45) is 0 Å². The number of pyridine rings is 1. The number of rotatable bonds is 6. The van der Waals surface area contributed by atoms with Crippen molar-refractivity contribution >= 4 is 28.5 Å². The summed E-state index contributed by atoms with van der Waals surface area (Å²) >= 11 is 6.32. The molecule has 5 heteroatoms. The van der Waals surface area contributed by atoms with Gasteiger partial charge in [-0.1, -0.05) is 48.0 Å². The van der Waals surface area contributed by atoms with Gasteiger partial charge in [-0.25, -0.2) is 9.78 Å². The molecule has 2 aromatic carbocycles. The van der Waals surface area contributed by atoms with E-state index in [0.29, 0.717) is 18.7 Å². The number of nitrogens with two attached hydrogens (primary N) is 1. The first-order valence-electron chi connectivity index (χ1n) is 9.16. The highest BCUT2D eigenvalue weighted by Gasteiger charge is 2.22. The Morgan fingerprint density at radius 2 is 1.89 bits per heavy atom. The summed E-state index contributed by atoms with van der Waals surface area (Å²) in [5.41, 5.74) is 4.17. The van der Waals surface area contributed by atoms with Crippen molar-refractivity contribution in [1.82, 2.24) is 4.98 Å². The molecule has 0 bridgehead atoms. The largest absolute Gasteiger partial charge is 0.462 e. The first-order valence-corrected chi connectivity index (χ1v) is 9.53. The predicted molar refractivity (Wildman–Crippen MR) is 108 cm³/mol. The first-order chi connectivity index (χ1) is 13.0. The highest BCUT2D eigenvalue weighted by Crippen LogP contribution is 2.24. The molecule has 0 fully saturated rings. The van der Waals surface area contributed by atoms with Crippen LogP contribution in [0.2, 0.25) is 5.02 Å². The number of carbonyl (C=O) groups excluding carboxylic acids is 1. The summed E-state index contributed by atoms with van der Waals surface area (Å²) in [4.78, 5) is 17.4. The van der Waals surface area contributed by atoms with E-state index in [1.807, 2.05) is 62.4 Å². The van der Waals surface area contributed by atoms with Crippen LogP contribution in [-0.2, 0) is 11.3 Å². The Kier molecular flexibility index (Phi) is 6.09. The number of hydrogen-bond donors (Lipinski definition) is 1. The summed E-state index contributed by atoms with van der Waals surface area (Å²) in [6.45, 7) is 6.76. The van der Waals surface area contributed by atoms with Gasteiger partial charge in [0.25, 0.3) is 0 Å². The van der Waals surface area contributed by atoms with E-state index in [0.717, 1.165) is 32.7 Å². The zero-order chi connectivity index (χ0) is 19.4. The third kappa shape index (κ3) is 4.12. The molecule has 0 spiro atoms. The second kappa shape index (κ2) is 8.51. The van der Waals surface area contributed by atoms with E-state index < -0.39 is 0 Å². The third-order valence-corrected chi connectivity index (χ3v) is 5.11. The average molecular weight is 384 g/mol. The molecular formula is C22H24ClN2O2+. The number of nitrogens with zero attached hydrogens (tertiary/aromatic N) is 1. The quantitative estimate of drug-likeness (QED) is 0.649. The van der Waals surface area contributed by atoms with Crippen molar-refractivity contribution in [1.29, 1.82) is 0 Å². The Bertz CT molecular complexity index is 972. The van der Waals surface area contributed by atoms with Gasteiger partial charge in [0.2, 0.25) is 0 Å². The van der Waals surface area contributed by atoms with Gasteiger partial charge in [0.1, 0.15) is 18.3 Å². The topological polar surface area (TPSA) is 55.8 Å².